The minimum absolute atomic E-state index is 0.0153. The van der Waals surface area contributed by atoms with Gasteiger partial charge < -0.3 is 10.6 Å². The van der Waals surface area contributed by atoms with E-state index in [2.05, 4.69) is 20.3 Å². The SMILES string of the molecule is O=C(NCC(F)(F)F)Nc1cc(F)cc(-c2cnc3cc(-c4ccnc(C(F)(F)F)n4)ccn23)c1. The number of urea groups is 1. The Balaban J connectivity index is 1.62. The van der Waals surface area contributed by atoms with Crippen LogP contribution in [0.25, 0.3) is 28.2 Å². The fraction of sp³-hybridized carbons (Fsp3) is 0.143. The summed E-state index contributed by atoms with van der Waals surface area (Å²) in [6.45, 7) is -1.56. The maximum atomic E-state index is 14.2. The van der Waals surface area contributed by atoms with Crippen molar-refractivity contribution in [1.82, 2.24) is 24.7 Å². The van der Waals surface area contributed by atoms with E-state index in [1.807, 2.05) is 0 Å². The predicted molar refractivity (Wildman–Crippen MR) is 110 cm³/mol. The number of nitrogens with one attached hydrogen (secondary N) is 2. The van der Waals surface area contributed by atoms with E-state index in [9.17, 15) is 35.5 Å². The van der Waals surface area contributed by atoms with Gasteiger partial charge in [0.1, 0.15) is 18.0 Å². The number of carbonyl (C=O) groups is 1. The molecule has 0 spiro atoms. The van der Waals surface area contributed by atoms with Gasteiger partial charge in [0, 0.05) is 29.2 Å². The molecule has 3 aromatic heterocycles. The maximum Gasteiger partial charge on any atom is 0.451 e. The van der Waals surface area contributed by atoms with Crippen molar-refractivity contribution in [2.45, 2.75) is 12.4 Å². The van der Waals surface area contributed by atoms with Gasteiger partial charge in [-0.1, -0.05) is 0 Å². The molecule has 4 rings (SSSR count). The van der Waals surface area contributed by atoms with Gasteiger partial charge in [-0.15, -0.1) is 0 Å². The lowest BCUT2D eigenvalue weighted by Crippen LogP contribution is -2.36. The molecule has 35 heavy (non-hydrogen) atoms. The molecule has 7 nitrogen and oxygen atoms in total. The molecule has 0 saturated heterocycles. The third-order valence-corrected chi connectivity index (χ3v) is 4.62. The molecule has 0 bridgehead atoms. The number of aromatic nitrogens is 4. The summed E-state index contributed by atoms with van der Waals surface area (Å²) in [4.78, 5) is 22.6. The molecule has 0 atom stereocenters. The molecular weight excluding hydrogens is 485 g/mol. The molecule has 0 aliphatic rings. The molecular formula is C21H13F7N6O. The van der Waals surface area contributed by atoms with Gasteiger partial charge in [0.15, 0.2) is 0 Å². The first-order valence-electron chi connectivity index (χ1n) is 9.69. The number of fused-ring (bicyclic) bond motifs is 1. The highest BCUT2D eigenvalue weighted by atomic mass is 19.4. The molecule has 2 N–H and O–H groups in total. The van der Waals surface area contributed by atoms with Crippen LogP contribution in [-0.2, 0) is 6.18 Å². The molecule has 0 radical (unpaired) electrons. The van der Waals surface area contributed by atoms with Crippen molar-refractivity contribution in [2.75, 3.05) is 11.9 Å². The molecule has 3 heterocycles. The molecule has 0 aliphatic carbocycles. The van der Waals surface area contributed by atoms with Crippen molar-refractivity contribution >= 4 is 17.4 Å². The van der Waals surface area contributed by atoms with Gasteiger partial charge in [0.2, 0.25) is 5.82 Å². The summed E-state index contributed by atoms with van der Waals surface area (Å²) in [6.07, 6.45) is -5.50. The molecule has 182 valence electrons. The number of amides is 2. The zero-order chi connectivity index (χ0) is 25.4. The third-order valence-electron chi connectivity index (χ3n) is 4.62. The smallest absolute Gasteiger partial charge is 0.329 e. The standard InChI is InChI=1S/C21H13F7N6O/c22-13-5-12(6-14(8-13)32-19(35)31-10-20(23,24)25)16-9-30-17-7-11(2-4-34(16)17)15-1-3-29-18(33-15)21(26,27)28/h1-9H,10H2,(H2,31,32,35). The van der Waals surface area contributed by atoms with Crippen LogP contribution in [0.2, 0.25) is 0 Å². The second-order valence-corrected chi connectivity index (χ2v) is 7.20. The Morgan fingerprint density at radius 1 is 0.971 bits per heavy atom. The van der Waals surface area contributed by atoms with Crippen LogP contribution in [0.15, 0.2) is 55.0 Å². The Morgan fingerprint density at radius 2 is 1.74 bits per heavy atom. The van der Waals surface area contributed by atoms with Gasteiger partial charge in [-0.2, -0.15) is 26.3 Å². The number of halogens is 7. The molecule has 1 aromatic carbocycles. The van der Waals surface area contributed by atoms with Gasteiger partial charge in [-0.05, 0) is 36.4 Å². The van der Waals surface area contributed by atoms with Crippen LogP contribution in [-0.4, -0.2) is 38.1 Å². The van der Waals surface area contributed by atoms with Crippen LogP contribution in [0.3, 0.4) is 0 Å². The number of hydrogen-bond donors (Lipinski definition) is 2. The largest absolute Gasteiger partial charge is 0.451 e. The van der Waals surface area contributed by atoms with E-state index in [4.69, 9.17) is 0 Å². The third kappa shape index (κ3) is 5.65. The molecule has 0 aliphatic heterocycles. The lowest BCUT2D eigenvalue weighted by atomic mass is 10.1. The number of rotatable bonds is 4. The summed E-state index contributed by atoms with van der Waals surface area (Å²) in [5.41, 5.74) is 1.12. The van der Waals surface area contributed by atoms with E-state index in [-0.39, 0.29) is 16.9 Å². The number of alkyl halides is 6. The Bertz CT molecular complexity index is 1400. The monoisotopic (exact) mass is 498 g/mol. The average molecular weight is 498 g/mol. The highest BCUT2D eigenvalue weighted by molar-refractivity contribution is 5.90. The van der Waals surface area contributed by atoms with Gasteiger partial charge in [-0.25, -0.2) is 24.1 Å². The second-order valence-electron chi connectivity index (χ2n) is 7.20. The number of imidazole rings is 1. The van der Waals surface area contributed by atoms with Crippen molar-refractivity contribution in [3.05, 3.63) is 66.6 Å². The first-order chi connectivity index (χ1) is 16.4. The number of pyridine rings is 1. The van der Waals surface area contributed by atoms with Crippen LogP contribution >= 0.6 is 0 Å². The number of benzene rings is 1. The van der Waals surface area contributed by atoms with E-state index in [1.54, 1.807) is 5.32 Å². The predicted octanol–water partition coefficient (Wildman–Crippen LogP) is 5.30. The van der Waals surface area contributed by atoms with E-state index < -0.39 is 36.6 Å². The Kier molecular flexibility index (Phi) is 6.05. The Labute approximate surface area is 191 Å². The highest BCUT2D eigenvalue weighted by Crippen LogP contribution is 2.30. The fourth-order valence-electron chi connectivity index (χ4n) is 3.18. The van der Waals surface area contributed by atoms with Crippen molar-refractivity contribution < 1.29 is 35.5 Å². The molecule has 4 aromatic rings. The second kappa shape index (κ2) is 8.85. The summed E-state index contributed by atoms with van der Waals surface area (Å²) in [6, 6.07) is 6.44. The first kappa shape index (κ1) is 23.9. The summed E-state index contributed by atoms with van der Waals surface area (Å²) in [5, 5.41) is 3.74. The van der Waals surface area contributed by atoms with Crippen molar-refractivity contribution in [3.8, 4) is 22.5 Å². The van der Waals surface area contributed by atoms with E-state index >= 15 is 0 Å². The lowest BCUT2D eigenvalue weighted by molar-refractivity contribution is -0.144. The Morgan fingerprint density at radius 3 is 2.46 bits per heavy atom. The Hall–Kier alpha value is -4.23. The van der Waals surface area contributed by atoms with Gasteiger partial charge in [-0.3, -0.25) is 4.40 Å². The van der Waals surface area contributed by atoms with E-state index in [0.717, 1.165) is 18.3 Å². The highest BCUT2D eigenvalue weighted by Gasteiger charge is 2.34. The topological polar surface area (TPSA) is 84.2 Å². The number of nitrogens with zero attached hydrogens (tertiary/aromatic N) is 4. The summed E-state index contributed by atoms with van der Waals surface area (Å²) in [7, 11) is 0. The van der Waals surface area contributed by atoms with Crippen LogP contribution in [0.1, 0.15) is 5.82 Å². The minimum Gasteiger partial charge on any atom is -0.329 e. The molecule has 0 unspecified atom stereocenters. The molecule has 2 amide bonds. The quantitative estimate of drug-likeness (QED) is 0.374. The zero-order valence-electron chi connectivity index (χ0n) is 17.2. The van der Waals surface area contributed by atoms with Gasteiger partial charge in [0.25, 0.3) is 0 Å². The zero-order valence-corrected chi connectivity index (χ0v) is 17.2. The number of carbonyl (C=O) groups excluding carboxylic acids is 1. The van der Waals surface area contributed by atoms with E-state index in [0.29, 0.717) is 16.9 Å². The van der Waals surface area contributed by atoms with E-state index in [1.165, 1.54) is 41.1 Å². The fourth-order valence-corrected chi connectivity index (χ4v) is 3.18. The van der Waals surface area contributed by atoms with Crippen molar-refractivity contribution in [1.29, 1.82) is 0 Å². The molecule has 0 saturated carbocycles. The number of anilines is 1. The summed E-state index contributed by atoms with van der Waals surface area (Å²) < 4.78 is 91.2. The molecule has 0 fully saturated rings. The van der Waals surface area contributed by atoms with Crippen LogP contribution in [0.5, 0.6) is 0 Å². The number of hydrogen-bond acceptors (Lipinski definition) is 4. The van der Waals surface area contributed by atoms with Crippen LogP contribution in [0, 0.1) is 5.82 Å². The maximum absolute atomic E-state index is 14.2. The van der Waals surface area contributed by atoms with Crippen molar-refractivity contribution in [3.63, 3.8) is 0 Å². The summed E-state index contributed by atoms with van der Waals surface area (Å²) in [5.74, 6) is -2.07. The normalized spacial score (nSPS) is 12.1. The van der Waals surface area contributed by atoms with Crippen molar-refractivity contribution in [2.24, 2.45) is 0 Å². The summed E-state index contributed by atoms with van der Waals surface area (Å²) >= 11 is 0. The van der Waals surface area contributed by atoms with Crippen LogP contribution < -0.4 is 10.6 Å². The van der Waals surface area contributed by atoms with Crippen LogP contribution in [0.4, 0.5) is 41.2 Å². The average Bonchev–Trinajstić information content (AvgIpc) is 3.20. The molecule has 14 heteroatoms. The minimum atomic E-state index is -4.71. The first-order valence-corrected chi connectivity index (χ1v) is 9.69. The van der Waals surface area contributed by atoms with Gasteiger partial charge >= 0.3 is 18.4 Å². The van der Waals surface area contributed by atoms with Gasteiger partial charge in [0.05, 0.1) is 17.6 Å². The lowest BCUT2D eigenvalue weighted by Gasteiger charge is -2.11.